The summed E-state index contributed by atoms with van der Waals surface area (Å²) in [5.41, 5.74) is -0.641. The van der Waals surface area contributed by atoms with Crippen molar-refractivity contribution in [1.29, 1.82) is 0 Å². The van der Waals surface area contributed by atoms with E-state index < -0.39 is 28.9 Å². The van der Waals surface area contributed by atoms with Crippen LogP contribution in [0.2, 0.25) is 5.02 Å². The Bertz CT molecular complexity index is 1280. The standard InChI is InChI=1S/C28H28ClN3O5/c1-2-12-31-22-7-4-3-6-21(22)28(27(31)36)23(24(33)19-8-10-20(29)11-9-19)25(34)26(35)32(28)14-5-13-30-15-17-37-18-16-30/h2-4,6-11,33H,1,5,12-18H2/b24-23+. The molecule has 8 nitrogen and oxygen atoms in total. The number of anilines is 1. The molecule has 1 unspecified atom stereocenters. The van der Waals surface area contributed by atoms with E-state index in [1.54, 1.807) is 54.6 Å². The van der Waals surface area contributed by atoms with E-state index in [0.29, 0.717) is 48.0 Å². The van der Waals surface area contributed by atoms with Gasteiger partial charge in [-0.15, -0.1) is 6.58 Å². The summed E-state index contributed by atoms with van der Waals surface area (Å²) in [6.07, 6.45) is 2.14. The van der Waals surface area contributed by atoms with E-state index >= 15 is 0 Å². The monoisotopic (exact) mass is 521 g/mol. The highest BCUT2D eigenvalue weighted by Crippen LogP contribution is 2.53. The molecule has 2 amide bonds. The van der Waals surface area contributed by atoms with Gasteiger partial charge in [0.2, 0.25) is 0 Å². The molecule has 1 atom stereocenters. The van der Waals surface area contributed by atoms with Gasteiger partial charge in [0.05, 0.1) is 24.5 Å². The Balaban J connectivity index is 1.65. The van der Waals surface area contributed by atoms with E-state index in [1.165, 1.54) is 9.80 Å². The van der Waals surface area contributed by atoms with Crippen LogP contribution >= 0.6 is 11.6 Å². The molecule has 0 aliphatic carbocycles. The smallest absolute Gasteiger partial charge is 0.296 e. The predicted molar refractivity (Wildman–Crippen MR) is 140 cm³/mol. The predicted octanol–water partition coefficient (Wildman–Crippen LogP) is 3.17. The number of carbonyl (C=O) groups is 3. The second-order valence-electron chi connectivity index (χ2n) is 9.26. The summed E-state index contributed by atoms with van der Waals surface area (Å²) in [5, 5.41) is 11.9. The van der Waals surface area contributed by atoms with Gasteiger partial charge in [0.1, 0.15) is 5.76 Å². The molecule has 3 aliphatic heterocycles. The molecule has 2 saturated heterocycles. The highest BCUT2D eigenvalue weighted by molar-refractivity contribution is 6.50. The Morgan fingerprint density at radius 1 is 1.05 bits per heavy atom. The Kier molecular flexibility index (Phi) is 6.90. The van der Waals surface area contributed by atoms with Crippen LogP contribution in [0.1, 0.15) is 17.5 Å². The number of morpholine rings is 1. The van der Waals surface area contributed by atoms with E-state index in [2.05, 4.69) is 11.5 Å². The van der Waals surface area contributed by atoms with Gasteiger partial charge in [-0.05, 0) is 36.8 Å². The fraction of sp³-hybridized carbons (Fsp3) is 0.321. The zero-order valence-corrected chi connectivity index (χ0v) is 21.1. The highest BCUT2D eigenvalue weighted by Gasteiger charge is 2.66. The maximum atomic E-state index is 14.3. The van der Waals surface area contributed by atoms with E-state index in [-0.39, 0.29) is 18.7 Å². The van der Waals surface area contributed by atoms with Crippen molar-refractivity contribution < 1.29 is 24.2 Å². The Hall–Kier alpha value is -3.46. The molecule has 5 rings (SSSR count). The van der Waals surface area contributed by atoms with Crippen molar-refractivity contribution in [3.8, 4) is 0 Å². The molecule has 1 N–H and O–H groups in total. The van der Waals surface area contributed by atoms with Gasteiger partial charge < -0.3 is 19.6 Å². The van der Waals surface area contributed by atoms with Crippen LogP contribution < -0.4 is 4.90 Å². The third-order valence-corrected chi connectivity index (χ3v) is 7.45. The molecule has 0 saturated carbocycles. The Morgan fingerprint density at radius 2 is 1.76 bits per heavy atom. The lowest BCUT2D eigenvalue weighted by Gasteiger charge is -2.35. The average molecular weight is 522 g/mol. The van der Waals surface area contributed by atoms with Crippen LogP contribution in [0.4, 0.5) is 5.69 Å². The van der Waals surface area contributed by atoms with Crippen LogP contribution in [-0.2, 0) is 24.7 Å². The number of likely N-dealkylation sites (tertiary alicyclic amines) is 1. The molecular formula is C28H28ClN3O5. The second-order valence-corrected chi connectivity index (χ2v) is 9.69. The number of halogens is 1. The van der Waals surface area contributed by atoms with Crippen molar-refractivity contribution in [2.45, 2.75) is 12.0 Å². The number of ether oxygens (including phenoxy) is 1. The first-order valence-electron chi connectivity index (χ1n) is 12.3. The Labute approximate surface area is 220 Å². The zero-order chi connectivity index (χ0) is 26.2. The number of hydrogen-bond donors (Lipinski definition) is 1. The molecule has 1 spiro atoms. The van der Waals surface area contributed by atoms with Gasteiger partial charge in [0, 0.05) is 48.9 Å². The van der Waals surface area contributed by atoms with Gasteiger partial charge in [-0.3, -0.25) is 19.3 Å². The molecule has 9 heteroatoms. The lowest BCUT2D eigenvalue weighted by molar-refractivity contribution is -0.143. The molecule has 192 valence electrons. The first-order valence-corrected chi connectivity index (χ1v) is 12.7. The maximum absolute atomic E-state index is 14.3. The molecule has 0 radical (unpaired) electrons. The summed E-state index contributed by atoms with van der Waals surface area (Å²) in [6.45, 7) is 7.69. The third-order valence-electron chi connectivity index (χ3n) is 7.20. The average Bonchev–Trinajstić information content (AvgIpc) is 3.28. The number of amides is 2. The second kappa shape index (κ2) is 10.1. The van der Waals surface area contributed by atoms with Crippen molar-refractivity contribution in [3.63, 3.8) is 0 Å². The number of nitrogens with zero attached hydrogens (tertiary/aromatic N) is 3. The van der Waals surface area contributed by atoms with E-state index in [9.17, 15) is 19.5 Å². The van der Waals surface area contributed by atoms with Crippen molar-refractivity contribution >= 4 is 40.6 Å². The van der Waals surface area contributed by atoms with Gasteiger partial charge in [0.25, 0.3) is 17.6 Å². The highest BCUT2D eigenvalue weighted by atomic mass is 35.5. The molecule has 0 bridgehead atoms. The van der Waals surface area contributed by atoms with Crippen molar-refractivity contribution in [1.82, 2.24) is 9.80 Å². The summed E-state index contributed by atoms with van der Waals surface area (Å²) in [4.78, 5) is 46.5. The summed E-state index contributed by atoms with van der Waals surface area (Å²) in [5.74, 6) is -2.56. The number of aliphatic hydroxyl groups is 1. The van der Waals surface area contributed by atoms with Gasteiger partial charge in [-0.2, -0.15) is 0 Å². The number of ketones is 1. The molecule has 2 aromatic carbocycles. The van der Waals surface area contributed by atoms with Crippen LogP contribution in [0.3, 0.4) is 0 Å². The van der Waals surface area contributed by atoms with Crippen LogP contribution in [0.25, 0.3) is 5.76 Å². The number of aliphatic hydroxyl groups excluding tert-OH is 1. The van der Waals surface area contributed by atoms with E-state index in [1.807, 2.05) is 0 Å². The summed E-state index contributed by atoms with van der Waals surface area (Å²) in [6, 6.07) is 13.4. The molecular weight excluding hydrogens is 494 g/mol. The van der Waals surface area contributed by atoms with Crippen LogP contribution in [0.15, 0.2) is 66.8 Å². The lowest BCUT2D eigenvalue weighted by Crippen LogP contribution is -2.52. The van der Waals surface area contributed by atoms with Gasteiger partial charge >= 0.3 is 0 Å². The number of fused-ring (bicyclic) bond motifs is 2. The molecule has 2 fully saturated rings. The first-order chi connectivity index (χ1) is 17.9. The minimum Gasteiger partial charge on any atom is -0.507 e. The number of hydrogen-bond acceptors (Lipinski definition) is 6. The number of benzene rings is 2. The normalized spacial score (nSPS) is 23.2. The topological polar surface area (TPSA) is 90.4 Å². The van der Waals surface area contributed by atoms with Crippen LogP contribution in [0.5, 0.6) is 0 Å². The minimum atomic E-state index is -1.78. The largest absolute Gasteiger partial charge is 0.507 e. The first kappa shape index (κ1) is 25.2. The zero-order valence-electron chi connectivity index (χ0n) is 20.4. The molecule has 0 aromatic heterocycles. The molecule has 3 aliphatic rings. The van der Waals surface area contributed by atoms with Crippen LogP contribution in [-0.4, -0.2) is 78.4 Å². The van der Waals surface area contributed by atoms with Gasteiger partial charge in [-0.25, -0.2) is 0 Å². The Morgan fingerprint density at radius 3 is 2.46 bits per heavy atom. The fourth-order valence-corrected chi connectivity index (χ4v) is 5.63. The van der Waals surface area contributed by atoms with Crippen molar-refractivity contribution in [2.75, 3.05) is 50.8 Å². The van der Waals surface area contributed by atoms with Gasteiger partial charge in [0.15, 0.2) is 5.54 Å². The quantitative estimate of drug-likeness (QED) is 0.260. The molecule has 37 heavy (non-hydrogen) atoms. The number of para-hydroxylation sites is 1. The van der Waals surface area contributed by atoms with Crippen molar-refractivity contribution in [2.24, 2.45) is 0 Å². The van der Waals surface area contributed by atoms with Gasteiger partial charge in [-0.1, -0.05) is 35.9 Å². The number of Topliss-reactive ketones (excluding diaryl/α,β-unsaturated/α-hetero) is 1. The van der Waals surface area contributed by atoms with E-state index in [4.69, 9.17) is 16.3 Å². The maximum Gasteiger partial charge on any atom is 0.296 e. The molecule has 3 heterocycles. The summed E-state index contributed by atoms with van der Waals surface area (Å²) < 4.78 is 5.41. The lowest BCUT2D eigenvalue weighted by atomic mass is 9.82. The van der Waals surface area contributed by atoms with Crippen molar-refractivity contribution in [3.05, 3.63) is 82.9 Å². The third kappa shape index (κ3) is 4.05. The molecule has 2 aromatic rings. The minimum absolute atomic E-state index is 0.168. The fourth-order valence-electron chi connectivity index (χ4n) is 5.51. The summed E-state index contributed by atoms with van der Waals surface area (Å²) >= 11 is 6.03. The number of carbonyl (C=O) groups excluding carboxylic acids is 3. The summed E-state index contributed by atoms with van der Waals surface area (Å²) in [7, 11) is 0. The van der Waals surface area contributed by atoms with E-state index in [0.717, 1.165) is 13.1 Å². The van der Waals surface area contributed by atoms with Crippen LogP contribution in [0, 0.1) is 0 Å². The SMILES string of the molecule is C=CCN1C(=O)C2(/C(=C(/O)c3ccc(Cl)cc3)C(=O)C(=O)N2CCCN2CCOCC2)c2ccccc21. The number of rotatable bonds is 7.